The lowest BCUT2D eigenvalue weighted by Crippen LogP contribution is -2.28. The Morgan fingerprint density at radius 2 is 2.05 bits per heavy atom. The Morgan fingerprint density at radius 3 is 2.65 bits per heavy atom. The average Bonchev–Trinajstić information content (AvgIpc) is 2.80. The van der Waals surface area contributed by atoms with Gasteiger partial charge >= 0.3 is 5.97 Å². The summed E-state index contributed by atoms with van der Waals surface area (Å²) in [5.74, 6) is -1.44. The van der Waals surface area contributed by atoms with Gasteiger partial charge in [0.05, 0.1) is 5.92 Å². The smallest absolute Gasteiger partial charge is 0.308 e. The summed E-state index contributed by atoms with van der Waals surface area (Å²) >= 11 is 3.41. The number of halogens is 1. The zero-order valence-electron chi connectivity index (χ0n) is 11.1. The zero-order chi connectivity index (χ0) is 14.7. The number of hydrogen-bond donors (Lipinski definition) is 1. The van der Waals surface area contributed by atoms with Gasteiger partial charge in [0.15, 0.2) is 0 Å². The minimum absolute atomic E-state index is 0.00619. The van der Waals surface area contributed by atoms with Crippen molar-refractivity contribution in [1.82, 2.24) is 4.90 Å². The van der Waals surface area contributed by atoms with E-state index in [1.807, 2.05) is 31.2 Å². The van der Waals surface area contributed by atoms with Gasteiger partial charge in [-0.1, -0.05) is 41.1 Å². The molecule has 0 saturated carbocycles. The zero-order valence-corrected chi connectivity index (χ0v) is 12.7. The van der Waals surface area contributed by atoms with Crippen LogP contribution in [0, 0.1) is 11.8 Å². The first-order chi connectivity index (χ1) is 9.49. The summed E-state index contributed by atoms with van der Waals surface area (Å²) in [6.45, 7) is 2.65. The number of amides is 1. The fraction of sp³-hybridized carbons (Fsp3) is 0.333. The molecule has 106 valence electrons. The van der Waals surface area contributed by atoms with Crippen molar-refractivity contribution in [2.75, 3.05) is 13.1 Å². The van der Waals surface area contributed by atoms with Crippen molar-refractivity contribution in [1.29, 1.82) is 0 Å². The van der Waals surface area contributed by atoms with E-state index in [9.17, 15) is 9.59 Å². The second-order valence-corrected chi connectivity index (χ2v) is 5.87. The first kappa shape index (κ1) is 14.8. The first-order valence-electron chi connectivity index (χ1n) is 6.43. The van der Waals surface area contributed by atoms with E-state index in [0.717, 1.165) is 10.0 Å². The normalized spacial score (nSPS) is 22.4. The van der Waals surface area contributed by atoms with Gasteiger partial charge in [0.2, 0.25) is 5.91 Å². The van der Waals surface area contributed by atoms with Gasteiger partial charge in [-0.2, -0.15) is 0 Å². The molecule has 1 aromatic rings. The van der Waals surface area contributed by atoms with Crippen molar-refractivity contribution in [3.05, 3.63) is 40.4 Å². The summed E-state index contributed by atoms with van der Waals surface area (Å²) < 4.78 is 0.919. The van der Waals surface area contributed by atoms with E-state index in [1.165, 1.54) is 6.08 Å². The molecule has 0 aromatic heterocycles. The van der Waals surface area contributed by atoms with Crippen molar-refractivity contribution < 1.29 is 14.7 Å². The van der Waals surface area contributed by atoms with Crippen LogP contribution in [0.2, 0.25) is 0 Å². The number of rotatable bonds is 3. The van der Waals surface area contributed by atoms with E-state index in [4.69, 9.17) is 5.11 Å². The molecule has 1 fully saturated rings. The molecule has 2 rings (SSSR count). The van der Waals surface area contributed by atoms with Gasteiger partial charge in [-0.3, -0.25) is 9.59 Å². The molecule has 0 radical (unpaired) electrons. The number of benzene rings is 1. The third-order valence-electron chi connectivity index (χ3n) is 3.55. The lowest BCUT2D eigenvalue weighted by molar-refractivity contribution is -0.142. The minimum atomic E-state index is -0.831. The molecule has 1 amide bonds. The molecule has 1 N–H and O–H groups in total. The van der Waals surface area contributed by atoms with E-state index < -0.39 is 11.9 Å². The Hall–Kier alpha value is -1.62. The number of carbonyl (C=O) groups excluding carboxylic acids is 1. The molecule has 5 heteroatoms. The summed E-state index contributed by atoms with van der Waals surface area (Å²) in [7, 11) is 0. The van der Waals surface area contributed by atoms with Crippen molar-refractivity contribution in [2.45, 2.75) is 6.92 Å². The van der Waals surface area contributed by atoms with Crippen molar-refractivity contribution in [3.8, 4) is 0 Å². The highest BCUT2D eigenvalue weighted by Gasteiger charge is 2.36. The van der Waals surface area contributed by atoms with Crippen molar-refractivity contribution in [3.63, 3.8) is 0 Å². The average molecular weight is 338 g/mol. The van der Waals surface area contributed by atoms with Gasteiger partial charge in [0, 0.05) is 23.6 Å². The number of carboxylic acids is 1. The van der Waals surface area contributed by atoms with Crippen LogP contribution in [0.25, 0.3) is 6.08 Å². The Morgan fingerprint density at radius 1 is 1.35 bits per heavy atom. The SMILES string of the molecule is C[C@@H]1CN(C(=O)/C=C/c2ccccc2Br)C[C@H]1C(=O)O. The first-order valence-corrected chi connectivity index (χ1v) is 7.22. The van der Waals surface area contributed by atoms with Gasteiger partial charge in [-0.15, -0.1) is 0 Å². The fourth-order valence-corrected chi connectivity index (χ4v) is 2.76. The fourth-order valence-electron chi connectivity index (χ4n) is 2.34. The predicted molar refractivity (Wildman–Crippen MR) is 80.0 cm³/mol. The molecular weight excluding hydrogens is 322 g/mol. The van der Waals surface area contributed by atoms with Crippen LogP contribution in [0.3, 0.4) is 0 Å². The van der Waals surface area contributed by atoms with E-state index in [0.29, 0.717) is 6.54 Å². The Labute approximate surface area is 126 Å². The minimum Gasteiger partial charge on any atom is -0.481 e. The van der Waals surface area contributed by atoms with E-state index in [-0.39, 0.29) is 18.4 Å². The maximum Gasteiger partial charge on any atom is 0.308 e. The molecule has 1 aliphatic rings. The molecule has 1 saturated heterocycles. The van der Waals surface area contributed by atoms with E-state index in [1.54, 1.807) is 11.0 Å². The second kappa shape index (κ2) is 6.22. The van der Waals surface area contributed by atoms with Gasteiger partial charge in [-0.25, -0.2) is 0 Å². The summed E-state index contributed by atoms with van der Waals surface area (Å²) in [6, 6.07) is 7.61. The number of likely N-dealkylation sites (tertiary alicyclic amines) is 1. The number of nitrogens with zero attached hydrogens (tertiary/aromatic N) is 1. The van der Waals surface area contributed by atoms with Crippen LogP contribution in [0.4, 0.5) is 0 Å². The summed E-state index contributed by atoms with van der Waals surface area (Å²) in [5, 5.41) is 9.07. The number of carboxylic acid groups (broad SMARTS) is 1. The van der Waals surface area contributed by atoms with Crippen molar-refractivity contribution >= 4 is 33.9 Å². The number of aliphatic carboxylic acids is 1. The van der Waals surface area contributed by atoms with E-state index in [2.05, 4.69) is 15.9 Å². The highest BCUT2D eigenvalue weighted by atomic mass is 79.9. The predicted octanol–water partition coefficient (Wildman–Crippen LogP) is 2.64. The van der Waals surface area contributed by atoms with E-state index >= 15 is 0 Å². The molecule has 0 unspecified atom stereocenters. The highest BCUT2D eigenvalue weighted by Crippen LogP contribution is 2.24. The van der Waals surface area contributed by atoms with Crippen LogP contribution in [0.1, 0.15) is 12.5 Å². The summed E-state index contributed by atoms with van der Waals surface area (Å²) in [4.78, 5) is 24.7. The lowest BCUT2D eigenvalue weighted by Gasteiger charge is -2.13. The van der Waals surface area contributed by atoms with Gasteiger partial charge in [0.1, 0.15) is 0 Å². The van der Waals surface area contributed by atoms with Crippen molar-refractivity contribution in [2.24, 2.45) is 11.8 Å². The quantitative estimate of drug-likeness (QED) is 0.862. The second-order valence-electron chi connectivity index (χ2n) is 5.02. The lowest BCUT2D eigenvalue weighted by atomic mass is 9.99. The van der Waals surface area contributed by atoms with Crippen LogP contribution >= 0.6 is 15.9 Å². The summed E-state index contributed by atoms with van der Waals surface area (Å²) in [6.07, 6.45) is 3.24. The number of carbonyl (C=O) groups is 2. The molecule has 1 aliphatic heterocycles. The molecule has 1 heterocycles. The standard InChI is InChI=1S/C15H16BrNO3/c1-10-8-17(9-12(10)15(19)20)14(18)7-6-11-4-2-3-5-13(11)16/h2-7,10,12H,8-9H2,1H3,(H,19,20)/b7-6+/t10-,12-/m1/s1. The maximum absolute atomic E-state index is 12.1. The maximum atomic E-state index is 12.1. The van der Waals surface area contributed by atoms with Crippen LogP contribution in [0.15, 0.2) is 34.8 Å². The topological polar surface area (TPSA) is 57.6 Å². The third-order valence-corrected chi connectivity index (χ3v) is 4.27. The molecule has 4 nitrogen and oxygen atoms in total. The Bertz CT molecular complexity index is 556. The molecule has 1 aromatic carbocycles. The Balaban J connectivity index is 2.03. The largest absolute Gasteiger partial charge is 0.481 e. The van der Waals surface area contributed by atoms with Gasteiger partial charge in [-0.05, 0) is 23.6 Å². The molecule has 0 spiro atoms. The third kappa shape index (κ3) is 3.28. The highest BCUT2D eigenvalue weighted by molar-refractivity contribution is 9.10. The molecule has 20 heavy (non-hydrogen) atoms. The van der Waals surface area contributed by atoms with Gasteiger partial charge < -0.3 is 10.0 Å². The molecule has 2 atom stereocenters. The Kier molecular flexibility index (Phi) is 4.60. The van der Waals surface area contributed by atoms with Gasteiger partial charge in [0.25, 0.3) is 0 Å². The van der Waals surface area contributed by atoms with Crippen LogP contribution in [-0.4, -0.2) is 35.0 Å². The number of hydrogen-bond acceptors (Lipinski definition) is 2. The molecule has 0 aliphatic carbocycles. The van der Waals surface area contributed by atoms with Crippen LogP contribution in [-0.2, 0) is 9.59 Å². The monoisotopic (exact) mass is 337 g/mol. The molecule has 0 bridgehead atoms. The molecular formula is C15H16BrNO3. The van der Waals surface area contributed by atoms with Crippen LogP contribution in [0.5, 0.6) is 0 Å². The summed E-state index contributed by atoms with van der Waals surface area (Å²) in [5.41, 5.74) is 0.919. The van der Waals surface area contributed by atoms with Crippen LogP contribution < -0.4 is 0 Å².